The minimum Gasteiger partial charge on any atom is -0.342 e. The van der Waals surface area contributed by atoms with Crippen molar-refractivity contribution in [1.82, 2.24) is 10.2 Å². The molecule has 1 aromatic rings. The zero-order valence-corrected chi connectivity index (χ0v) is 17.0. The number of thioether (sulfide) groups is 1. The molecule has 1 spiro atoms. The summed E-state index contributed by atoms with van der Waals surface area (Å²) in [5.74, 6) is 0.154. The molecule has 1 unspecified atom stereocenters. The molecule has 0 bridgehead atoms. The van der Waals surface area contributed by atoms with Crippen molar-refractivity contribution in [3.63, 3.8) is 0 Å². The molecule has 2 aliphatic heterocycles. The summed E-state index contributed by atoms with van der Waals surface area (Å²) in [5.41, 5.74) is 1.22. The van der Waals surface area contributed by atoms with Crippen molar-refractivity contribution < 1.29 is 9.59 Å². The summed E-state index contributed by atoms with van der Waals surface area (Å²) in [6.07, 6.45) is 3.49. The third-order valence-electron chi connectivity index (χ3n) is 5.30. The summed E-state index contributed by atoms with van der Waals surface area (Å²) in [7, 11) is 0. The number of anilines is 1. The average molecular weight is 398 g/mol. The van der Waals surface area contributed by atoms with Gasteiger partial charge in [0.25, 0.3) is 0 Å². The van der Waals surface area contributed by atoms with Crippen molar-refractivity contribution >= 4 is 41.7 Å². The maximum absolute atomic E-state index is 12.8. The second-order valence-electron chi connectivity index (χ2n) is 7.22. The Morgan fingerprint density at radius 2 is 1.85 bits per heavy atom. The van der Waals surface area contributed by atoms with Gasteiger partial charge in [-0.15, -0.1) is 24.2 Å². The molecule has 5 nitrogen and oxygen atoms in total. The molecule has 0 aromatic heterocycles. The van der Waals surface area contributed by atoms with Gasteiger partial charge in [0.05, 0.1) is 5.25 Å². The molecule has 1 atom stereocenters. The van der Waals surface area contributed by atoms with E-state index >= 15 is 0 Å². The molecule has 2 amide bonds. The van der Waals surface area contributed by atoms with Crippen LogP contribution in [-0.4, -0.2) is 48.1 Å². The number of hydrogen-bond acceptors (Lipinski definition) is 4. The minimum absolute atomic E-state index is 0. The Balaban J connectivity index is 0.00000243. The Bertz CT molecular complexity index is 622. The van der Waals surface area contributed by atoms with Crippen molar-refractivity contribution in [3.8, 4) is 0 Å². The number of rotatable bonds is 4. The van der Waals surface area contributed by atoms with Crippen LogP contribution in [-0.2, 0) is 9.59 Å². The zero-order chi connectivity index (χ0) is 17.9. The van der Waals surface area contributed by atoms with Gasteiger partial charge in [0.2, 0.25) is 11.8 Å². The quantitative estimate of drug-likeness (QED) is 0.766. The van der Waals surface area contributed by atoms with Gasteiger partial charge in [-0.1, -0.05) is 0 Å². The Morgan fingerprint density at radius 3 is 2.38 bits per heavy atom. The molecule has 0 saturated carbocycles. The van der Waals surface area contributed by atoms with Gasteiger partial charge in [-0.3, -0.25) is 9.59 Å². The van der Waals surface area contributed by atoms with Crippen LogP contribution in [0.5, 0.6) is 0 Å². The fourth-order valence-corrected chi connectivity index (χ4v) is 4.71. The summed E-state index contributed by atoms with van der Waals surface area (Å²) in [4.78, 5) is 26.9. The highest BCUT2D eigenvalue weighted by atomic mass is 35.5. The van der Waals surface area contributed by atoms with Gasteiger partial charge < -0.3 is 15.5 Å². The number of benzene rings is 1. The first-order valence-corrected chi connectivity index (χ1v) is 9.89. The summed E-state index contributed by atoms with van der Waals surface area (Å²) < 4.78 is 0. The molecule has 0 radical (unpaired) electrons. The third kappa shape index (κ3) is 5.15. The number of nitrogens with zero attached hydrogens (tertiary/aromatic N) is 1. The predicted molar refractivity (Wildman–Crippen MR) is 109 cm³/mol. The Morgan fingerprint density at radius 1 is 1.19 bits per heavy atom. The lowest BCUT2D eigenvalue weighted by Crippen LogP contribution is -2.46. The summed E-state index contributed by atoms with van der Waals surface area (Å²) in [5, 5.41) is 6.12. The zero-order valence-electron chi connectivity index (χ0n) is 15.4. The lowest BCUT2D eigenvalue weighted by atomic mass is 9.78. The van der Waals surface area contributed by atoms with Crippen molar-refractivity contribution in [2.24, 2.45) is 5.41 Å². The van der Waals surface area contributed by atoms with E-state index in [9.17, 15) is 9.59 Å². The largest absolute Gasteiger partial charge is 0.342 e. The Hall–Kier alpha value is -1.24. The van der Waals surface area contributed by atoms with Crippen molar-refractivity contribution in [3.05, 3.63) is 24.3 Å². The van der Waals surface area contributed by atoms with E-state index in [1.165, 1.54) is 13.3 Å². The second kappa shape index (κ2) is 9.11. The van der Waals surface area contributed by atoms with Gasteiger partial charge in [-0.05, 0) is 62.4 Å². The van der Waals surface area contributed by atoms with Crippen LogP contribution in [0.2, 0.25) is 0 Å². The normalized spacial score (nSPS) is 19.7. The van der Waals surface area contributed by atoms with Gasteiger partial charge in [0.1, 0.15) is 0 Å². The van der Waals surface area contributed by atoms with Crippen LogP contribution in [0.3, 0.4) is 0 Å². The first kappa shape index (κ1) is 21.1. The standard InChI is InChI=1S/C19H27N3O2S.ClH/c1-14(25-17-5-3-16(4-6-17)21-15(2)23)18(24)22-11-8-19(9-12-22)7-10-20-13-19;/h3-6,14,20H,7-13H2,1-2H3,(H,21,23);1H. The van der Waals surface area contributed by atoms with Crippen LogP contribution < -0.4 is 10.6 Å². The van der Waals surface area contributed by atoms with Gasteiger partial charge in [-0.2, -0.15) is 0 Å². The number of amides is 2. The van der Waals surface area contributed by atoms with Crippen LogP contribution in [0.15, 0.2) is 29.2 Å². The Labute approximate surface area is 166 Å². The fraction of sp³-hybridized carbons (Fsp3) is 0.579. The summed E-state index contributed by atoms with van der Waals surface area (Å²) in [6, 6.07) is 7.65. The number of piperidine rings is 1. The van der Waals surface area contributed by atoms with Gasteiger partial charge in [0, 0.05) is 37.1 Å². The second-order valence-corrected chi connectivity index (χ2v) is 8.63. The van der Waals surface area contributed by atoms with E-state index in [4.69, 9.17) is 0 Å². The number of carbonyl (C=O) groups is 2. The minimum atomic E-state index is -0.0950. The molecule has 0 aliphatic carbocycles. The molecular formula is C19H28ClN3O2S. The Kier molecular flexibility index (Phi) is 7.38. The number of hydrogen-bond donors (Lipinski definition) is 2. The lowest BCUT2D eigenvalue weighted by molar-refractivity contribution is -0.132. The lowest BCUT2D eigenvalue weighted by Gasteiger charge is -2.39. The van der Waals surface area contributed by atoms with E-state index < -0.39 is 0 Å². The number of carbonyl (C=O) groups excluding carboxylic acids is 2. The number of halogens is 1. The smallest absolute Gasteiger partial charge is 0.235 e. The maximum atomic E-state index is 12.8. The number of likely N-dealkylation sites (tertiary alicyclic amines) is 1. The van der Waals surface area contributed by atoms with E-state index in [1.807, 2.05) is 36.1 Å². The molecule has 26 heavy (non-hydrogen) atoms. The van der Waals surface area contributed by atoms with Crippen LogP contribution in [0.25, 0.3) is 0 Å². The summed E-state index contributed by atoms with van der Waals surface area (Å²) >= 11 is 1.58. The molecule has 2 fully saturated rings. The molecule has 2 heterocycles. The molecule has 1 aromatic carbocycles. The maximum Gasteiger partial charge on any atom is 0.235 e. The summed E-state index contributed by atoms with van der Waals surface area (Å²) in [6.45, 7) is 7.47. The highest BCUT2D eigenvalue weighted by molar-refractivity contribution is 8.00. The van der Waals surface area contributed by atoms with Gasteiger partial charge in [-0.25, -0.2) is 0 Å². The average Bonchev–Trinajstić information content (AvgIpc) is 3.04. The van der Waals surface area contributed by atoms with E-state index in [0.717, 1.165) is 49.6 Å². The molecule has 144 valence electrons. The van der Waals surface area contributed by atoms with E-state index in [2.05, 4.69) is 10.6 Å². The molecule has 7 heteroatoms. The topological polar surface area (TPSA) is 61.4 Å². The molecular weight excluding hydrogens is 370 g/mol. The van der Waals surface area contributed by atoms with Crippen molar-refractivity contribution in [2.75, 3.05) is 31.5 Å². The van der Waals surface area contributed by atoms with Gasteiger partial charge >= 0.3 is 0 Å². The molecule has 2 saturated heterocycles. The number of nitrogens with one attached hydrogen (secondary N) is 2. The van der Waals surface area contributed by atoms with Crippen molar-refractivity contribution in [1.29, 1.82) is 0 Å². The molecule has 2 aliphatic rings. The van der Waals surface area contributed by atoms with Crippen LogP contribution in [0.1, 0.15) is 33.1 Å². The SMILES string of the molecule is CC(=O)Nc1ccc(SC(C)C(=O)N2CCC3(CCNC3)CC2)cc1.Cl. The first-order valence-electron chi connectivity index (χ1n) is 9.01. The van der Waals surface area contributed by atoms with E-state index in [1.54, 1.807) is 11.8 Å². The van der Waals surface area contributed by atoms with Gasteiger partial charge in [0.15, 0.2) is 0 Å². The predicted octanol–water partition coefficient (Wildman–Crippen LogP) is 3.15. The molecule has 2 N–H and O–H groups in total. The highest BCUT2D eigenvalue weighted by Gasteiger charge is 2.38. The molecule has 3 rings (SSSR count). The monoisotopic (exact) mass is 397 g/mol. The van der Waals surface area contributed by atoms with E-state index in [-0.39, 0.29) is 29.5 Å². The first-order chi connectivity index (χ1) is 12.0. The third-order valence-corrected chi connectivity index (χ3v) is 6.40. The van der Waals surface area contributed by atoms with Crippen LogP contribution >= 0.6 is 24.2 Å². The van der Waals surface area contributed by atoms with E-state index in [0.29, 0.717) is 5.41 Å². The van der Waals surface area contributed by atoms with Crippen molar-refractivity contribution in [2.45, 2.75) is 43.3 Å². The highest BCUT2D eigenvalue weighted by Crippen LogP contribution is 2.37. The van der Waals surface area contributed by atoms with Crippen LogP contribution in [0.4, 0.5) is 5.69 Å². The van der Waals surface area contributed by atoms with Crippen LogP contribution in [0, 0.1) is 5.41 Å². The fourth-order valence-electron chi connectivity index (χ4n) is 3.76.